The van der Waals surface area contributed by atoms with Crippen molar-refractivity contribution in [3.63, 3.8) is 0 Å². The molecule has 1 N–H and O–H groups in total. The van der Waals surface area contributed by atoms with E-state index >= 15 is 0 Å². The molecule has 4 heteroatoms. The van der Waals surface area contributed by atoms with Crippen molar-refractivity contribution in [2.75, 3.05) is 18.1 Å². The molecule has 1 aliphatic heterocycles. The molecule has 1 unspecified atom stereocenters. The summed E-state index contributed by atoms with van der Waals surface area (Å²) in [7, 11) is 0. The van der Waals surface area contributed by atoms with Gasteiger partial charge in [0.1, 0.15) is 11.5 Å². The molecular formula is C14H24N2OS. The molecule has 3 nitrogen and oxygen atoms in total. The lowest BCUT2D eigenvalue weighted by Crippen LogP contribution is -2.39. The molecule has 18 heavy (non-hydrogen) atoms. The highest BCUT2D eigenvalue weighted by Crippen LogP contribution is 2.19. The quantitative estimate of drug-likeness (QED) is 0.889. The molecule has 0 bridgehead atoms. The van der Waals surface area contributed by atoms with E-state index < -0.39 is 0 Å². The zero-order valence-corrected chi connectivity index (χ0v) is 12.4. The Morgan fingerprint density at radius 1 is 1.44 bits per heavy atom. The number of hydrogen-bond acceptors (Lipinski definition) is 4. The van der Waals surface area contributed by atoms with E-state index in [4.69, 9.17) is 4.42 Å². The molecule has 102 valence electrons. The first-order valence-electron chi connectivity index (χ1n) is 6.78. The van der Waals surface area contributed by atoms with E-state index in [9.17, 15) is 0 Å². The molecule has 1 aromatic heterocycles. The fourth-order valence-electron chi connectivity index (χ4n) is 2.10. The van der Waals surface area contributed by atoms with Crippen LogP contribution in [-0.4, -0.2) is 35.0 Å². The number of rotatable bonds is 5. The second-order valence-electron chi connectivity index (χ2n) is 5.30. The maximum Gasteiger partial charge on any atom is 0.118 e. The average molecular weight is 268 g/mol. The molecular weight excluding hydrogens is 244 g/mol. The van der Waals surface area contributed by atoms with Crippen LogP contribution in [-0.2, 0) is 13.1 Å². The van der Waals surface area contributed by atoms with E-state index in [2.05, 4.69) is 54.9 Å². The summed E-state index contributed by atoms with van der Waals surface area (Å²) in [5.74, 6) is 4.61. The van der Waals surface area contributed by atoms with Gasteiger partial charge in [0, 0.05) is 30.1 Å². The molecule has 1 fully saturated rings. The summed E-state index contributed by atoms with van der Waals surface area (Å²) in [6.07, 6.45) is 0. The normalized spacial score (nSPS) is 21.7. The number of nitrogens with one attached hydrogen (secondary N) is 1. The average Bonchev–Trinajstić information content (AvgIpc) is 2.77. The minimum Gasteiger partial charge on any atom is -0.463 e. The summed E-state index contributed by atoms with van der Waals surface area (Å²) < 4.78 is 5.87. The molecule has 0 radical (unpaired) electrons. The van der Waals surface area contributed by atoms with Crippen molar-refractivity contribution in [2.45, 2.75) is 45.9 Å². The van der Waals surface area contributed by atoms with Crippen molar-refractivity contribution in [3.8, 4) is 0 Å². The van der Waals surface area contributed by atoms with Crippen molar-refractivity contribution in [2.24, 2.45) is 0 Å². The monoisotopic (exact) mass is 268 g/mol. The zero-order chi connectivity index (χ0) is 13.0. The maximum atomic E-state index is 5.87. The van der Waals surface area contributed by atoms with Gasteiger partial charge in [0.15, 0.2) is 0 Å². The van der Waals surface area contributed by atoms with Crippen LogP contribution in [0.1, 0.15) is 32.3 Å². The summed E-state index contributed by atoms with van der Waals surface area (Å²) >= 11 is 2.05. The van der Waals surface area contributed by atoms with Crippen molar-refractivity contribution in [3.05, 3.63) is 23.7 Å². The number of hydrogen-bond donors (Lipinski definition) is 1. The lowest BCUT2D eigenvalue weighted by atomic mass is 10.3. The third-order valence-corrected chi connectivity index (χ3v) is 4.46. The second kappa shape index (κ2) is 6.64. The van der Waals surface area contributed by atoms with Gasteiger partial charge in [-0.3, -0.25) is 4.90 Å². The van der Waals surface area contributed by atoms with E-state index in [0.29, 0.717) is 12.1 Å². The summed E-state index contributed by atoms with van der Waals surface area (Å²) in [5, 5.41) is 3.38. The Balaban J connectivity index is 1.85. The van der Waals surface area contributed by atoms with Crippen LogP contribution in [0.5, 0.6) is 0 Å². The minimum absolute atomic E-state index is 0.498. The van der Waals surface area contributed by atoms with Gasteiger partial charge in [-0.2, -0.15) is 11.8 Å². The Morgan fingerprint density at radius 3 is 2.94 bits per heavy atom. The van der Waals surface area contributed by atoms with E-state index in [0.717, 1.165) is 24.6 Å². The fraction of sp³-hybridized carbons (Fsp3) is 0.714. The summed E-state index contributed by atoms with van der Waals surface area (Å²) in [5.41, 5.74) is 0. The first kappa shape index (κ1) is 14.0. The maximum absolute atomic E-state index is 5.87. The first-order chi connectivity index (χ1) is 8.65. The topological polar surface area (TPSA) is 28.4 Å². The van der Waals surface area contributed by atoms with Gasteiger partial charge in [0.2, 0.25) is 0 Å². The molecule has 0 saturated carbocycles. The molecule has 1 atom stereocenters. The van der Waals surface area contributed by atoms with Crippen molar-refractivity contribution < 1.29 is 4.42 Å². The molecule has 0 amide bonds. The number of thioether (sulfide) groups is 1. The highest BCUT2D eigenvalue weighted by atomic mass is 32.2. The highest BCUT2D eigenvalue weighted by Gasteiger charge is 2.19. The lowest BCUT2D eigenvalue weighted by Gasteiger charge is -2.32. The molecule has 1 aliphatic rings. The Bertz CT molecular complexity index is 364. The van der Waals surface area contributed by atoms with Gasteiger partial charge >= 0.3 is 0 Å². The fourth-order valence-corrected chi connectivity index (χ4v) is 3.19. The van der Waals surface area contributed by atoms with Crippen molar-refractivity contribution in [1.29, 1.82) is 0 Å². The predicted octanol–water partition coefficient (Wildman–Crippen LogP) is 2.71. The van der Waals surface area contributed by atoms with Crippen LogP contribution in [0.2, 0.25) is 0 Å². The van der Waals surface area contributed by atoms with Crippen LogP contribution in [0.3, 0.4) is 0 Å². The van der Waals surface area contributed by atoms with Crippen LogP contribution in [0.25, 0.3) is 0 Å². The van der Waals surface area contributed by atoms with Gasteiger partial charge in [-0.05, 0) is 19.1 Å². The van der Waals surface area contributed by atoms with E-state index in [1.165, 1.54) is 18.1 Å². The van der Waals surface area contributed by atoms with Gasteiger partial charge in [0.25, 0.3) is 0 Å². The number of nitrogens with zero attached hydrogens (tertiary/aromatic N) is 1. The Kier molecular flexibility index (Phi) is 5.15. The summed E-state index contributed by atoms with van der Waals surface area (Å²) in [4.78, 5) is 2.51. The zero-order valence-electron chi connectivity index (χ0n) is 11.6. The molecule has 2 rings (SSSR count). The standard InChI is InChI=1S/C14H24N2OS/c1-11(2)15-8-13-4-5-14(17-13)9-16-6-7-18-10-12(16)3/h4-5,11-12,15H,6-10H2,1-3H3. The van der Waals surface area contributed by atoms with E-state index in [1.54, 1.807) is 0 Å². The van der Waals surface area contributed by atoms with Gasteiger partial charge in [-0.25, -0.2) is 0 Å². The third kappa shape index (κ3) is 4.04. The van der Waals surface area contributed by atoms with Crippen molar-refractivity contribution >= 4 is 11.8 Å². The molecule has 2 heterocycles. The smallest absolute Gasteiger partial charge is 0.118 e. The van der Waals surface area contributed by atoms with E-state index in [-0.39, 0.29) is 0 Å². The molecule has 1 aromatic rings. The summed E-state index contributed by atoms with van der Waals surface area (Å²) in [6, 6.07) is 5.36. The molecule has 1 saturated heterocycles. The van der Waals surface area contributed by atoms with Gasteiger partial charge in [0.05, 0.1) is 13.1 Å². The molecule has 0 spiro atoms. The SMILES string of the molecule is CC(C)NCc1ccc(CN2CCSCC2C)o1. The minimum atomic E-state index is 0.498. The van der Waals surface area contributed by atoms with Crippen LogP contribution in [0.4, 0.5) is 0 Å². The van der Waals surface area contributed by atoms with Crippen molar-refractivity contribution in [1.82, 2.24) is 10.2 Å². The van der Waals surface area contributed by atoms with Crippen LogP contribution >= 0.6 is 11.8 Å². The first-order valence-corrected chi connectivity index (χ1v) is 7.93. The van der Waals surface area contributed by atoms with E-state index in [1.807, 2.05) is 0 Å². The van der Waals surface area contributed by atoms with Crippen LogP contribution in [0.15, 0.2) is 16.5 Å². The highest BCUT2D eigenvalue weighted by molar-refractivity contribution is 7.99. The Hall–Kier alpha value is -0.450. The number of furan rings is 1. The third-order valence-electron chi connectivity index (χ3n) is 3.27. The Morgan fingerprint density at radius 2 is 2.22 bits per heavy atom. The largest absolute Gasteiger partial charge is 0.463 e. The van der Waals surface area contributed by atoms with Gasteiger partial charge in [-0.1, -0.05) is 13.8 Å². The van der Waals surface area contributed by atoms with Gasteiger partial charge < -0.3 is 9.73 Å². The predicted molar refractivity (Wildman–Crippen MR) is 77.9 cm³/mol. The van der Waals surface area contributed by atoms with Gasteiger partial charge in [-0.15, -0.1) is 0 Å². The van der Waals surface area contributed by atoms with Crippen LogP contribution in [0, 0.1) is 0 Å². The molecule has 0 aliphatic carbocycles. The Labute approximate surface area is 114 Å². The second-order valence-corrected chi connectivity index (χ2v) is 6.45. The van der Waals surface area contributed by atoms with Crippen LogP contribution < -0.4 is 5.32 Å². The molecule has 0 aromatic carbocycles. The summed E-state index contributed by atoms with van der Waals surface area (Å²) in [6.45, 7) is 9.54. The lowest BCUT2D eigenvalue weighted by molar-refractivity contribution is 0.204.